The van der Waals surface area contributed by atoms with E-state index in [9.17, 15) is 14.9 Å². The van der Waals surface area contributed by atoms with Crippen molar-refractivity contribution >= 4 is 11.6 Å². The first-order valence-corrected chi connectivity index (χ1v) is 5.78. The highest BCUT2D eigenvalue weighted by atomic mass is 16.6. The lowest BCUT2D eigenvalue weighted by Crippen LogP contribution is -2.42. The molecule has 0 atom stereocenters. The van der Waals surface area contributed by atoms with E-state index in [0.717, 1.165) is 6.42 Å². The van der Waals surface area contributed by atoms with Crippen LogP contribution in [-0.4, -0.2) is 43.0 Å². The second-order valence-corrected chi connectivity index (χ2v) is 4.13. The first kappa shape index (κ1) is 13.1. The van der Waals surface area contributed by atoms with E-state index in [1.165, 1.54) is 26.4 Å². The Morgan fingerprint density at radius 3 is 2.42 bits per heavy atom. The SMILES string of the molecule is COc1cc(C(=O)N2CCC2)cc([N+](=O)[O-])c1OC. The van der Waals surface area contributed by atoms with E-state index < -0.39 is 4.92 Å². The van der Waals surface area contributed by atoms with Gasteiger partial charge < -0.3 is 14.4 Å². The normalized spacial score (nSPS) is 13.7. The van der Waals surface area contributed by atoms with Gasteiger partial charge in [-0.25, -0.2) is 0 Å². The topological polar surface area (TPSA) is 81.9 Å². The summed E-state index contributed by atoms with van der Waals surface area (Å²) in [5, 5.41) is 11.0. The third kappa shape index (κ3) is 2.31. The first-order chi connectivity index (χ1) is 9.08. The Morgan fingerprint density at radius 2 is 2.00 bits per heavy atom. The molecule has 1 aliphatic rings. The van der Waals surface area contributed by atoms with Crippen LogP contribution in [0.3, 0.4) is 0 Å². The molecule has 0 aliphatic carbocycles. The van der Waals surface area contributed by atoms with Gasteiger partial charge >= 0.3 is 5.69 Å². The van der Waals surface area contributed by atoms with Gasteiger partial charge in [0.15, 0.2) is 5.75 Å². The Balaban J connectivity index is 2.47. The van der Waals surface area contributed by atoms with Crippen molar-refractivity contribution in [1.82, 2.24) is 4.90 Å². The standard InChI is InChI=1S/C12H14N2O5/c1-18-10-7-8(12(15)13-4-3-5-13)6-9(14(16)17)11(10)19-2/h6-7H,3-5H2,1-2H3. The molecule has 0 aromatic heterocycles. The van der Waals surface area contributed by atoms with Crippen LogP contribution in [0.1, 0.15) is 16.8 Å². The van der Waals surface area contributed by atoms with Crippen molar-refractivity contribution in [3.8, 4) is 11.5 Å². The van der Waals surface area contributed by atoms with Crippen molar-refractivity contribution in [2.24, 2.45) is 0 Å². The molecule has 7 nitrogen and oxygen atoms in total. The third-order valence-corrected chi connectivity index (χ3v) is 3.05. The van der Waals surface area contributed by atoms with Gasteiger partial charge in [0.2, 0.25) is 5.75 Å². The van der Waals surface area contributed by atoms with Crippen LogP contribution in [-0.2, 0) is 0 Å². The summed E-state index contributed by atoms with van der Waals surface area (Å²) in [6.07, 6.45) is 0.959. The number of methoxy groups -OCH3 is 2. The number of carbonyl (C=O) groups is 1. The minimum Gasteiger partial charge on any atom is -0.493 e. The molecule has 1 aromatic rings. The first-order valence-electron chi connectivity index (χ1n) is 5.78. The average molecular weight is 266 g/mol. The second kappa shape index (κ2) is 5.13. The van der Waals surface area contributed by atoms with E-state index in [1.807, 2.05) is 0 Å². The molecular weight excluding hydrogens is 252 g/mol. The monoisotopic (exact) mass is 266 g/mol. The van der Waals surface area contributed by atoms with Gasteiger partial charge in [0.25, 0.3) is 5.91 Å². The molecule has 0 bridgehead atoms. The summed E-state index contributed by atoms with van der Waals surface area (Å²) in [6.45, 7) is 1.36. The van der Waals surface area contributed by atoms with Crippen LogP contribution in [0.15, 0.2) is 12.1 Å². The number of nitro groups is 1. The molecule has 0 N–H and O–H groups in total. The van der Waals surface area contributed by atoms with Gasteiger partial charge in [0.05, 0.1) is 24.7 Å². The molecule has 0 saturated carbocycles. The van der Waals surface area contributed by atoms with Crippen molar-refractivity contribution in [3.63, 3.8) is 0 Å². The van der Waals surface area contributed by atoms with Gasteiger partial charge in [-0.2, -0.15) is 0 Å². The smallest absolute Gasteiger partial charge is 0.315 e. The van der Waals surface area contributed by atoms with Crippen LogP contribution in [0, 0.1) is 10.1 Å². The predicted octanol–water partition coefficient (Wildman–Crippen LogP) is 1.46. The second-order valence-electron chi connectivity index (χ2n) is 4.13. The number of hydrogen-bond donors (Lipinski definition) is 0. The molecule has 1 saturated heterocycles. The molecule has 1 amide bonds. The van der Waals surface area contributed by atoms with Crippen molar-refractivity contribution in [2.75, 3.05) is 27.3 Å². The molecule has 0 unspecified atom stereocenters. The molecule has 19 heavy (non-hydrogen) atoms. The summed E-state index contributed by atoms with van der Waals surface area (Å²) in [5.41, 5.74) is -0.0326. The van der Waals surface area contributed by atoms with Crippen LogP contribution in [0.5, 0.6) is 11.5 Å². The van der Waals surface area contributed by atoms with Crippen molar-refractivity contribution < 1.29 is 19.2 Å². The zero-order chi connectivity index (χ0) is 14.0. The van der Waals surface area contributed by atoms with Gasteiger partial charge in [0.1, 0.15) is 0 Å². The van der Waals surface area contributed by atoms with Crippen LogP contribution < -0.4 is 9.47 Å². The Bertz CT molecular complexity index is 525. The maximum Gasteiger partial charge on any atom is 0.315 e. The molecule has 1 heterocycles. The van der Waals surface area contributed by atoms with Crippen LogP contribution >= 0.6 is 0 Å². The minimum absolute atomic E-state index is 0.0210. The molecule has 1 aliphatic heterocycles. The zero-order valence-corrected chi connectivity index (χ0v) is 10.7. The van der Waals surface area contributed by atoms with Crippen molar-refractivity contribution in [1.29, 1.82) is 0 Å². The maximum atomic E-state index is 12.1. The fourth-order valence-corrected chi connectivity index (χ4v) is 1.91. The van der Waals surface area contributed by atoms with E-state index in [-0.39, 0.29) is 28.7 Å². The highest BCUT2D eigenvalue weighted by molar-refractivity contribution is 5.96. The quantitative estimate of drug-likeness (QED) is 0.608. The van der Waals surface area contributed by atoms with E-state index in [1.54, 1.807) is 4.90 Å². The Labute approximate surface area is 109 Å². The highest BCUT2D eigenvalue weighted by Gasteiger charge is 2.27. The zero-order valence-electron chi connectivity index (χ0n) is 10.7. The lowest BCUT2D eigenvalue weighted by Gasteiger charge is -2.31. The van der Waals surface area contributed by atoms with Gasteiger partial charge in [-0.1, -0.05) is 0 Å². The molecule has 1 aromatic carbocycles. The van der Waals surface area contributed by atoms with Crippen molar-refractivity contribution in [3.05, 3.63) is 27.8 Å². The lowest BCUT2D eigenvalue weighted by atomic mass is 10.1. The summed E-state index contributed by atoms with van der Waals surface area (Å²) in [5.74, 6) is -0.0245. The van der Waals surface area contributed by atoms with Crippen LogP contribution in [0.4, 0.5) is 5.69 Å². The Hall–Kier alpha value is -2.31. The molecule has 102 valence electrons. The number of rotatable bonds is 4. The number of nitro benzene ring substituents is 1. The summed E-state index contributed by atoms with van der Waals surface area (Å²) >= 11 is 0. The summed E-state index contributed by atoms with van der Waals surface area (Å²) < 4.78 is 10.0. The number of benzene rings is 1. The van der Waals surface area contributed by atoms with Crippen LogP contribution in [0.25, 0.3) is 0 Å². The third-order valence-electron chi connectivity index (χ3n) is 3.05. The van der Waals surface area contributed by atoms with Gasteiger partial charge in [0, 0.05) is 19.2 Å². The number of ether oxygens (including phenoxy) is 2. The largest absolute Gasteiger partial charge is 0.493 e. The van der Waals surface area contributed by atoms with Gasteiger partial charge in [-0.15, -0.1) is 0 Å². The van der Waals surface area contributed by atoms with Crippen LogP contribution in [0.2, 0.25) is 0 Å². The van der Waals surface area contributed by atoms with E-state index in [2.05, 4.69) is 0 Å². The highest BCUT2D eigenvalue weighted by Crippen LogP contribution is 2.38. The molecule has 0 radical (unpaired) electrons. The minimum atomic E-state index is -0.589. The Kier molecular flexibility index (Phi) is 3.55. The Morgan fingerprint density at radius 1 is 1.32 bits per heavy atom. The summed E-state index contributed by atoms with van der Waals surface area (Å²) in [6, 6.07) is 2.69. The predicted molar refractivity (Wildman–Crippen MR) is 66.7 cm³/mol. The van der Waals surface area contributed by atoms with E-state index >= 15 is 0 Å². The van der Waals surface area contributed by atoms with E-state index in [0.29, 0.717) is 13.1 Å². The number of nitrogens with zero attached hydrogens (tertiary/aromatic N) is 2. The van der Waals surface area contributed by atoms with E-state index in [4.69, 9.17) is 9.47 Å². The summed E-state index contributed by atoms with van der Waals surface area (Å²) in [7, 11) is 2.70. The van der Waals surface area contributed by atoms with Crippen molar-refractivity contribution in [2.45, 2.75) is 6.42 Å². The number of amides is 1. The maximum absolute atomic E-state index is 12.1. The molecule has 7 heteroatoms. The van der Waals surface area contributed by atoms with Gasteiger partial charge in [-0.3, -0.25) is 14.9 Å². The average Bonchev–Trinajstić information content (AvgIpc) is 2.34. The number of likely N-dealkylation sites (tertiary alicyclic amines) is 1. The van der Waals surface area contributed by atoms with Gasteiger partial charge in [-0.05, 0) is 12.5 Å². The molecular formula is C12H14N2O5. The number of hydrogen-bond acceptors (Lipinski definition) is 5. The fraction of sp³-hybridized carbons (Fsp3) is 0.417. The molecule has 1 fully saturated rings. The fourth-order valence-electron chi connectivity index (χ4n) is 1.91. The molecule has 0 spiro atoms. The number of carbonyl (C=O) groups excluding carboxylic acids is 1. The summed E-state index contributed by atoms with van der Waals surface area (Å²) in [4.78, 5) is 24.1. The lowest BCUT2D eigenvalue weighted by molar-refractivity contribution is -0.385. The molecule has 2 rings (SSSR count).